The van der Waals surface area contributed by atoms with E-state index < -0.39 is 0 Å². The molecule has 0 spiro atoms. The van der Waals surface area contributed by atoms with Crippen molar-refractivity contribution in [3.05, 3.63) is 55.6 Å². The van der Waals surface area contributed by atoms with Crippen LogP contribution in [0.4, 0.5) is 0 Å². The van der Waals surface area contributed by atoms with Gasteiger partial charge in [-0.2, -0.15) is 0 Å². The molecule has 1 nitrogen and oxygen atoms in total. The van der Waals surface area contributed by atoms with Crippen molar-refractivity contribution in [2.75, 3.05) is 6.61 Å². The van der Waals surface area contributed by atoms with Crippen LogP contribution in [0.5, 0.6) is 0 Å². The van der Waals surface area contributed by atoms with Crippen LogP contribution in [0.1, 0.15) is 16.4 Å². The predicted molar refractivity (Wildman–Crippen MR) is 77.0 cm³/mol. The summed E-state index contributed by atoms with van der Waals surface area (Å²) in [4.78, 5) is 1.25. The maximum Gasteiger partial charge on any atom is 0.0503 e. The van der Waals surface area contributed by atoms with Gasteiger partial charge in [-0.1, -0.05) is 23.7 Å². The summed E-state index contributed by atoms with van der Waals surface area (Å²) in [7, 11) is 0. The van der Waals surface area contributed by atoms with Gasteiger partial charge < -0.3 is 5.11 Å². The summed E-state index contributed by atoms with van der Waals surface area (Å²) in [5.74, 6) is 0.101. The molecule has 0 saturated heterocycles. The Morgan fingerprint density at radius 2 is 2.18 bits per heavy atom. The molecule has 2 aromatic rings. The molecule has 17 heavy (non-hydrogen) atoms. The van der Waals surface area contributed by atoms with Gasteiger partial charge in [-0.3, -0.25) is 0 Å². The molecule has 0 aliphatic heterocycles. The Morgan fingerprint density at radius 3 is 2.76 bits per heavy atom. The average Bonchev–Trinajstić information content (AvgIpc) is 2.71. The molecule has 0 amide bonds. The van der Waals surface area contributed by atoms with Crippen LogP contribution < -0.4 is 0 Å². The Morgan fingerprint density at radius 1 is 1.35 bits per heavy atom. The summed E-state index contributed by atoms with van der Waals surface area (Å²) in [6.07, 6.45) is 0.828. The molecule has 2 rings (SSSR count). The molecule has 0 fully saturated rings. The van der Waals surface area contributed by atoms with Gasteiger partial charge in [-0.25, -0.2) is 0 Å². The Kier molecular flexibility index (Phi) is 4.62. The first-order valence-corrected chi connectivity index (χ1v) is 7.34. The smallest absolute Gasteiger partial charge is 0.0503 e. The van der Waals surface area contributed by atoms with Crippen molar-refractivity contribution in [2.45, 2.75) is 12.3 Å². The van der Waals surface area contributed by atoms with E-state index in [4.69, 9.17) is 11.6 Å². The molecule has 0 aliphatic rings. The summed E-state index contributed by atoms with van der Waals surface area (Å²) in [6, 6.07) is 9.73. The van der Waals surface area contributed by atoms with Crippen LogP contribution in [0.3, 0.4) is 0 Å². The van der Waals surface area contributed by atoms with Crippen LogP contribution >= 0.6 is 38.9 Å². The van der Waals surface area contributed by atoms with Gasteiger partial charge in [0, 0.05) is 20.3 Å². The van der Waals surface area contributed by atoms with Gasteiger partial charge in [0.05, 0.1) is 6.61 Å². The molecule has 0 aliphatic carbocycles. The number of benzene rings is 1. The topological polar surface area (TPSA) is 20.2 Å². The number of hydrogen-bond acceptors (Lipinski definition) is 2. The largest absolute Gasteiger partial charge is 0.396 e. The quantitative estimate of drug-likeness (QED) is 0.875. The number of halogens is 2. The molecular formula is C13H12BrClOS. The van der Waals surface area contributed by atoms with Crippen molar-refractivity contribution in [2.24, 2.45) is 0 Å². The zero-order valence-corrected chi connectivity index (χ0v) is 12.2. The minimum Gasteiger partial charge on any atom is -0.396 e. The predicted octanol–water partition coefficient (Wildman–Crippen LogP) is 4.48. The van der Waals surface area contributed by atoms with Crippen LogP contribution in [0.25, 0.3) is 0 Å². The fourth-order valence-corrected chi connectivity index (χ4v) is 3.54. The first-order chi connectivity index (χ1) is 8.20. The fraction of sp³-hybridized carbons (Fsp3) is 0.231. The van der Waals surface area contributed by atoms with Crippen LogP contribution in [-0.4, -0.2) is 11.7 Å². The lowest BCUT2D eigenvalue weighted by atomic mass is 9.96. The molecule has 1 aromatic heterocycles. The van der Waals surface area contributed by atoms with Crippen molar-refractivity contribution >= 4 is 38.9 Å². The van der Waals surface area contributed by atoms with Gasteiger partial charge in [0.2, 0.25) is 0 Å². The molecule has 0 bridgehead atoms. The zero-order valence-electron chi connectivity index (χ0n) is 9.07. The molecule has 0 radical (unpaired) electrons. The van der Waals surface area contributed by atoms with Gasteiger partial charge in [0.25, 0.3) is 0 Å². The highest BCUT2D eigenvalue weighted by atomic mass is 79.9. The van der Waals surface area contributed by atoms with E-state index in [1.165, 1.54) is 4.88 Å². The van der Waals surface area contributed by atoms with Gasteiger partial charge in [-0.05, 0) is 51.5 Å². The van der Waals surface area contributed by atoms with Crippen LogP contribution in [0.15, 0.2) is 40.2 Å². The third-order valence-corrected chi connectivity index (χ3v) is 4.85. The third kappa shape index (κ3) is 3.32. The lowest BCUT2D eigenvalue weighted by molar-refractivity contribution is 0.265. The summed E-state index contributed by atoms with van der Waals surface area (Å²) in [5.41, 5.74) is 1.08. The second-order valence-corrected chi connectivity index (χ2v) is 6.12. The van der Waals surface area contributed by atoms with Crippen molar-refractivity contribution in [1.82, 2.24) is 0 Å². The van der Waals surface area contributed by atoms with E-state index in [2.05, 4.69) is 15.9 Å². The summed E-state index contributed by atoms with van der Waals surface area (Å²) in [6.45, 7) is 0.130. The summed E-state index contributed by atoms with van der Waals surface area (Å²) in [5, 5.41) is 12.3. The third-order valence-electron chi connectivity index (χ3n) is 2.66. The van der Waals surface area contributed by atoms with E-state index in [1.54, 1.807) is 11.3 Å². The maximum absolute atomic E-state index is 9.51. The van der Waals surface area contributed by atoms with E-state index in [0.717, 1.165) is 16.5 Å². The Balaban J connectivity index is 2.20. The van der Waals surface area contributed by atoms with E-state index in [-0.39, 0.29) is 12.5 Å². The second kappa shape index (κ2) is 6.01. The highest BCUT2D eigenvalue weighted by Gasteiger charge is 2.14. The zero-order chi connectivity index (χ0) is 12.3. The lowest BCUT2D eigenvalue weighted by Crippen LogP contribution is -2.07. The van der Waals surface area contributed by atoms with E-state index >= 15 is 0 Å². The summed E-state index contributed by atoms with van der Waals surface area (Å²) < 4.78 is 1.11. The van der Waals surface area contributed by atoms with E-state index in [1.807, 2.05) is 35.7 Å². The minimum atomic E-state index is 0.101. The van der Waals surface area contributed by atoms with E-state index in [9.17, 15) is 5.11 Å². The molecule has 0 saturated carbocycles. The molecule has 90 valence electrons. The number of thiophene rings is 1. The second-order valence-electron chi connectivity index (χ2n) is 3.83. The molecule has 1 unspecified atom stereocenters. The highest BCUT2D eigenvalue weighted by molar-refractivity contribution is 9.10. The number of aliphatic hydroxyl groups is 1. The lowest BCUT2D eigenvalue weighted by Gasteiger charge is -2.14. The number of rotatable bonds is 4. The van der Waals surface area contributed by atoms with Gasteiger partial charge in [0.1, 0.15) is 0 Å². The standard InChI is InChI=1S/C13H12BrClOS/c14-12-4-5-17-13(12)7-10(8-16)9-2-1-3-11(15)6-9/h1-6,10,16H,7-8H2. The molecular weight excluding hydrogens is 320 g/mol. The Hall–Kier alpha value is -0.350. The maximum atomic E-state index is 9.51. The normalized spacial score (nSPS) is 12.6. The van der Waals surface area contributed by atoms with Gasteiger partial charge in [-0.15, -0.1) is 11.3 Å². The minimum absolute atomic E-state index is 0.101. The van der Waals surface area contributed by atoms with Crippen molar-refractivity contribution in [3.63, 3.8) is 0 Å². The molecule has 1 atom stereocenters. The first kappa shape index (κ1) is 13.1. The molecule has 1 N–H and O–H groups in total. The SMILES string of the molecule is OCC(Cc1sccc1Br)c1cccc(Cl)c1. The molecule has 1 aromatic carbocycles. The van der Waals surface area contributed by atoms with Crippen molar-refractivity contribution < 1.29 is 5.11 Å². The summed E-state index contributed by atoms with van der Waals surface area (Å²) >= 11 is 11.2. The van der Waals surface area contributed by atoms with Crippen LogP contribution in [0, 0.1) is 0 Å². The number of hydrogen-bond donors (Lipinski definition) is 1. The average molecular weight is 332 g/mol. The molecule has 1 heterocycles. The van der Waals surface area contributed by atoms with Crippen molar-refractivity contribution in [3.8, 4) is 0 Å². The van der Waals surface area contributed by atoms with Crippen LogP contribution in [-0.2, 0) is 6.42 Å². The van der Waals surface area contributed by atoms with Gasteiger partial charge >= 0.3 is 0 Å². The highest BCUT2D eigenvalue weighted by Crippen LogP contribution is 2.30. The monoisotopic (exact) mass is 330 g/mol. The van der Waals surface area contributed by atoms with Crippen molar-refractivity contribution in [1.29, 1.82) is 0 Å². The van der Waals surface area contributed by atoms with Crippen LogP contribution in [0.2, 0.25) is 5.02 Å². The molecule has 4 heteroatoms. The Labute approximate surface area is 118 Å². The Bertz CT molecular complexity index is 498. The number of aliphatic hydroxyl groups excluding tert-OH is 1. The first-order valence-electron chi connectivity index (χ1n) is 5.29. The van der Waals surface area contributed by atoms with E-state index in [0.29, 0.717) is 5.02 Å². The fourth-order valence-electron chi connectivity index (χ4n) is 1.74. The van der Waals surface area contributed by atoms with Gasteiger partial charge in [0.15, 0.2) is 0 Å².